The van der Waals surface area contributed by atoms with Crippen LogP contribution in [0.2, 0.25) is 0 Å². The highest BCUT2D eigenvalue weighted by Crippen LogP contribution is 2.28. The highest BCUT2D eigenvalue weighted by molar-refractivity contribution is 5.24. The minimum Gasteiger partial charge on any atom is -0.395 e. The smallest absolute Gasteiger partial charge is 0.0522 e. The average Bonchev–Trinajstić information content (AvgIpc) is 1.88. The molecule has 0 aromatic rings. The molecule has 10 heavy (non-hydrogen) atoms. The van der Waals surface area contributed by atoms with Gasteiger partial charge >= 0.3 is 0 Å². The zero-order valence-corrected chi connectivity index (χ0v) is 6.59. The van der Waals surface area contributed by atoms with Gasteiger partial charge in [0, 0.05) is 5.41 Å². The Morgan fingerprint density at radius 3 is 2.80 bits per heavy atom. The normalized spacial score (nSPS) is 32.1. The molecule has 1 N–H and O–H groups in total. The van der Waals surface area contributed by atoms with Gasteiger partial charge < -0.3 is 5.11 Å². The molecule has 0 bridgehead atoms. The molecule has 0 saturated heterocycles. The molecule has 0 aromatic carbocycles. The molecule has 0 spiro atoms. The summed E-state index contributed by atoms with van der Waals surface area (Å²) in [7, 11) is 0. The Kier molecular flexibility index (Phi) is 1.95. The lowest BCUT2D eigenvalue weighted by molar-refractivity contribution is 0.185. The fourth-order valence-electron chi connectivity index (χ4n) is 1.28. The van der Waals surface area contributed by atoms with E-state index in [0.29, 0.717) is 0 Å². The van der Waals surface area contributed by atoms with Crippen LogP contribution in [-0.4, -0.2) is 11.7 Å². The van der Waals surface area contributed by atoms with E-state index in [4.69, 9.17) is 5.11 Å². The van der Waals surface area contributed by atoms with Gasteiger partial charge in [0.15, 0.2) is 0 Å². The Morgan fingerprint density at radius 1 is 1.70 bits per heavy atom. The van der Waals surface area contributed by atoms with Gasteiger partial charge in [-0.25, -0.2) is 0 Å². The number of allylic oxidation sites excluding steroid dienone is 3. The van der Waals surface area contributed by atoms with Crippen LogP contribution >= 0.6 is 0 Å². The lowest BCUT2D eigenvalue weighted by Crippen LogP contribution is -2.19. The Labute approximate surface area is 62.1 Å². The highest BCUT2D eigenvalue weighted by Gasteiger charge is 2.20. The molecular formula is C9H14O. The van der Waals surface area contributed by atoms with Crippen LogP contribution in [0.5, 0.6) is 0 Å². The van der Waals surface area contributed by atoms with Crippen LogP contribution in [0.1, 0.15) is 20.3 Å². The largest absolute Gasteiger partial charge is 0.395 e. The SMILES string of the molecule is CC1=CC(C)(CO)CC=C1. The minimum absolute atomic E-state index is 0.00116. The third-order valence-corrected chi connectivity index (χ3v) is 1.90. The standard InChI is InChI=1S/C9H14O/c1-8-4-3-5-9(2,6-8)7-10/h3-4,6,10H,5,7H2,1-2H3. The number of aliphatic hydroxyl groups is 1. The number of aliphatic hydroxyl groups excluding tert-OH is 1. The molecule has 0 aromatic heterocycles. The summed E-state index contributed by atoms with van der Waals surface area (Å²) < 4.78 is 0. The van der Waals surface area contributed by atoms with E-state index in [-0.39, 0.29) is 12.0 Å². The third-order valence-electron chi connectivity index (χ3n) is 1.90. The second-order valence-electron chi connectivity index (χ2n) is 3.31. The second-order valence-corrected chi connectivity index (χ2v) is 3.31. The van der Waals surface area contributed by atoms with Crippen molar-refractivity contribution in [1.82, 2.24) is 0 Å². The van der Waals surface area contributed by atoms with Gasteiger partial charge in [-0.3, -0.25) is 0 Å². The topological polar surface area (TPSA) is 20.2 Å². The van der Waals surface area contributed by atoms with Crippen molar-refractivity contribution in [2.75, 3.05) is 6.61 Å². The van der Waals surface area contributed by atoms with Gasteiger partial charge in [-0.15, -0.1) is 0 Å². The molecule has 56 valence electrons. The maximum atomic E-state index is 8.99. The van der Waals surface area contributed by atoms with Crippen LogP contribution in [-0.2, 0) is 0 Å². The molecule has 1 atom stereocenters. The van der Waals surface area contributed by atoms with Crippen molar-refractivity contribution >= 4 is 0 Å². The molecule has 1 unspecified atom stereocenters. The zero-order valence-electron chi connectivity index (χ0n) is 6.59. The van der Waals surface area contributed by atoms with Gasteiger partial charge in [-0.2, -0.15) is 0 Å². The van der Waals surface area contributed by atoms with Crippen molar-refractivity contribution in [3.63, 3.8) is 0 Å². The first-order valence-corrected chi connectivity index (χ1v) is 3.63. The molecule has 1 aliphatic carbocycles. The van der Waals surface area contributed by atoms with Crippen molar-refractivity contribution in [2.45, 2.75) is 20.3 Å². The molecule has 1 heteroatoms. The van der Waals surface area contributed by atoms with Crippen LogP contribution in [0, 0.1) is 5.41 Å². The van der Waals surface area contributed by atoms with Crippen LogP contribution < -0.4 is 0 Å². The van der Waals surface area contributed by atoms with Crippen LogP contribution in [0.4, 0.5) is 0 Å². The maximum absolute atomic E-state index is 8.99. The fourth-order valence-corrected chi connectivity index (χ4v) is 1.28. The summed E-state index contributed by atoms with van der Waals surface area (Å²) in [5.41, 5.74) is 1.25. The van der Waals surface area contributed by atoms with Gasteiger partial charge in [0.1, 0.15) is 0 Å². The lowest BCUT2D eigenvalue weighted by atomic mass is 9.83. The Balaban J connectivity index is 2.76. The molecular weight excluding hydrogens is 124 g/mol. The van der Waals surface area contributed by atoms with Gasteiger partial charge in [-0.1, -0.05) is 30.7 Å². The van der Waals surface area contributed by atoms with Gasteiger partial charge in [0.2, 0.25) is 0 Å². The monoisotopic (exact) mass is 138 g/mol. The molecule has 0 amide bonds. The van der Waals surface area contributed by atoms with Crippen LogP contribution in [0.25, 0.3) is 0 Å². The fraction of sp³-hybridized carbons (Fsp3) is 0.556. The van der Waals surface area contributed by atoms with E-state index in [2.05, 4.69) is 32.1 Å². The average molecular weight is 138 g/mol. The molecule has 1 nitrogen and oxygen atoms in total. The third kappa shape index (κ3) is 1.48. The Bertz CT molecular complexity index is 179. The predicted molar refractivity (Wildman–Crippen MR) is 42.7 cm³/mol. The van der Waals surface area contributed by atoms with Crippen LogP contribution in [0.3, 0.4) is 0 Å². The summed E-state index contributed by atoms with van der Waals surface area (Å²) in [4.78, 5) is 0. The number of hydrogen-bond donors (Lipinski definition) is 1. The zero-order chi connectivity index (χ0) is 7.61. The summed E-state index contributed by atoms with van der Waals surface area (Å²) in [6, 6.07) is 0. The molecule has 0 saturated carbocycles. The van der Waals surface area contributed by atoms with E-state index in [1.54, 1.807) is 0 Å². The predicted octanol–water partition coefficient (Wildman–Crippen LogP) is 1.89. The summed E-state index contributed by atoms with van der Waals surface area (Å²) >= 11 is 0. The highest BCUT2D eigenvalue weighted by atomic mass is 16.3. The summed E-state index contributed by atoms with van der Waals surface area (Å²) in [6.07, 6.45) is 7.30. The number of hydrogen-bond acceptors (Lipinski definition) is 1. The van der Waals surface area contributed by atoms with Crippen molar-refractivity contribution in [3.05, 3.63) is 23.8 Å². The molecule has 0 heterocycles. The first-order valence-electron chi connectivity index (χ1n) is 3.63. The van der Waals surface area contributed by atoms with Gasteiger partial charge in [0.25, 0.3) is 0 Å². The van der Waals surface area contributed by atoms with Crippen molar-refractivity contribution < 1.29 is 5.11 Å². The molecule has 0 fully saturated rings. The van der Waals surface area contributed by atoms with Crippen molar-refractivity contribution in [2.24, 2.45) is 5.41 Å². The Hall–Kier alpha value is -0.560. The molecule has 0 aliphatic heterocycles. The quantitative estimate of drug-likeness (QED) is 0.586. The van der Waals surface area contributed by atoms with Crippen LogP contribution in [0.15, 0.2) is 23.8 Å². The Morgan fingerprint density at radius 2 is 2.40 bits per heavy atom. The van der Waals surface area contributed by atoms with E-state index >= 15 is 0 Å². The molecule has 1 aliphatic rings. The van der Waals surface area contributed by atoms with E-state index in [0.717, 1.165) is 6.42 Å². The molecule has 1 rings (SSSR count). The number of rotatable bonds is 1. The minimum atomic E-state index is -0.00116. The lowest BCUT2D eigenvalue weighted by Gasteiger charge is -2.24. The van der Waals surface area contributed by atoms with Crippen molar-refractivity contribution in [1.29, 1.82) is 0 Å². The van der Waals surface area contributed by atoms with Gasteiger partial charge in [-0.05, 0) is 13.3 Å². The first-order chi connectivity index (χ1) is 4.66. The maximum Gasteiger partial charge on any atom is 0.0522 e. The summed E-state index contributed by atoms with van der Waals surface area (Å²) in [6.45, 7) is 4.37. The summed E-state index contributed by atoms with van der Waals surface area (Å²) in [5.74, 6) is 0. The molecule has 0 radical (unpaired) electrons. The first kappa shape index (κ1) is 7.55. The second kappa shape index (κ2) is 2.59. The van der Waals surface area contributed by atoms with E-state index in [1.165, 1.54) is 5.57 Å². The van der Waals surface area contributed by atoms with E-state index < -0.39 is 0 Å². The van der Waals surface area contributed by atoms with Gasteiger partial charge in [0.05, 0.1) is 6.61 Å². The van der Waals surface area contributed by atoms with E-state index in [1.807, 2.05) is 0 Å². The van der Waals surface area contributed by atoms with E-state index in [9.17, 15) is 0 Å². The van der Waals surface area contributed by atoms with Crippen molar-refractivity contribution in [3.8, 4) is 0 Å². The summed E-state index contributed by atoms with van der Waals surface area (Å²) in [5, 5.41) is 8.99.